The number of aromatic hydroxyl groups is 1. The minimum atomic E-state index is -1.29. The number of phenolic OH excluding ortho intramolecular Hbond substituents is 1. The number of phenols is 1. The fourth-order valence-corrected chi connectivity index (χ4v) is 3.34. The molecule has 8 heteroatoms. The van der Waals surface area contributed by atoms with Crippen molar-refractivity contribution in [1.29, 1.82) is 0 Å². The van der Waals surface area contributed by atoms with Crippen LogP contribution in [0.3, 0.4) is 0 Å². The molecule has 1 fully saturated rings. The summed E-state index contributed by atoms with van der Waals surface area (Å²) in [6.45, 7) is 0.0359. The molecule has 0 unspecified atom stereocenters. The van der Waals surface area contributed by atoms with Crippen molar-refractivity contribution in [2.75, 3.05) is 7.11 Å². The van der Waals surface area contributed by atoms with Gasteiger partial charge in [-0.3, -0.25) is 14.5 Å². The van der Waals surface area contributed by atoms with E-state index < -0.39 is 17.1 Å². The molecule has 3 rings (SSSR count). The number of amides is 2. The zero-order chi connectivity index (χ0) is 19.6. The third-order valence-electron chi connectivity index (χ3n) is 3.91. The summed E-state index contributed by atoms with van der Waals surface area (Å²) >= 11 is 0.813. The number of benzene rings is 2. The SMILES string of the molecule is COc1cc(/C=C2\SC(=O)N(Cc3ccc(C(=O)[O-])cc3)C2=O)ccc1O. The van der Waals surface area contributed by atoms with Crippen LogP contribution in [-0.4, -0.2) is 34.2 Å². The first-order valence-electron chi connectivity index (χ1n) is 7.81. The highest BCUT2D eigenvalue weighted by atomic mass is 32.2. The zero-order valence-corrected chi connectivity index (χ0v) is 15.0. The number of ether oxygens (including phenoxy) is 1. The van der Waals surface area contributed by atoms with Gasteiger partial charge in [-0.1, -0.05) is 30.3 Å². The number of carbonyl (C=O) groups excluding carboxylic acids is 3. The standard InChI is InChI=1S/C19H15NO6S/c1-26-15-8-12(4-7-14(15)21)9-16-17(22)20(19(25)27-16)10-11-2-5-13(6-3-11)18(23)24/h2-9,21H,10H2,1H3,(H,23,24)/p-1/b16-9-. The van der Waals surface area contributed by atoms with Gasteiger partial charge in [-0.15, -0.1) is 0 Å². The minimum Gasteiger partial charge on any atom is -0.545 e. The Balaban J connectivity index is 1.79. The van der Waals surface area contributed by atoms with Crippen molar-refractivity contribution in [2.45, 2.75) is 6.54 Å². The lowest BCUT2D eigenvalue weighted by Gasteiger charge is -2.13. The quantitative estimate of drug-likeness (QED) is 0.786. The Kier molecular flexibility index (Phi) is 5.18. The molecule has 0 aliphatic carbocycles. The Morgan fingerprint density at radius 2 is 1.93 bits per heavy atom. The summed E-state index contributed by atoms with van der Waals surface area (Å²) in [5.41, 5.74) is 1.25. The lowest BCUT2D eigenvalue weighted by molar-refractivity contribution is -0.255. The average Bonchev–Trinajstić information content (AvgIpc) is 2.91. The Bertz CT molecular complexity index is 951. The van der Waals surface area contributed by atoms with Crippen LogP contribution in [0.5, 0.6) is 11.5 Å². The number of carboxylic acid groups (broad SMARTS) is 1. The van der Waals surface area contributed by atoms with Gasteiger partial charge in [0.1, 0.15) is 0 Å². The van der Waals surface area contributed by atoms with E-state index in [9.17, 15) is 24.6 Å². The first-order chi connectivity index (χ1) is 12.9. The Hall–Kier alpha value is -3.26. The van der Waals surface area contributed by atoms with Gasteiger partial charge in [-0.2, -0.15) is 0 Å². The molecule has 2 aromatic rings. The molecule has 0 aromatic heterocycles. The van der Waals surface area contributed by atoms with Gasteiger partial charge in [0.15, 0.2) is 11.5 Å². The molecule has 2 aromatic carbocycles. The number of carboxylic acids is 1. The molecular formula is C19H14NO6S-. The van der Waals surface area contributed by atoms with Gasteiger partial charge in [0.25, 0.3) is 11.1 Å². The van der Waals surface area contributed by atoms with Crippen LogP contribution in [0.1, 0.15) is 21.5 Å². The van der Waals surface area contributed by atoms with Gasteiger partial charge < -0.3 is 19.7 Å². The van der Waals surface area contributed by atoms with Crippen LogP contribution in [0.2, 0.25) is 0 Å². The second kappa shape index (κ2) is 7.55. The molecule has 0 spiro atoms. The van der Waals surface area contributed by atoms with Crippen LogP contribution in [0.25, 0.3) is 6.08 Å². The summed E-state index contributed by atoms with van der Waals surface area (Å²) in [6, 6.07) is 10.4. The van der Waals surface area contributed by atoms with Crippen LogP contribution >= 0.6 is 11.8 Å². The first kappa shape index (κ1) is 18.5. The summed E-state index contributed by atoms with van der Waals surface area (Å²) in [6.07, 6.45) is 1.55. The number of aromatic carboxylic acids is 1. The van der Waals surface area contributed by atoms with Gasteiger partial charge in [-0.05, 0) is 46.7 Å². The van der Waals surface area contributed by atoms with Gasteiger partial charge in [0.05, 0.1) is 24.5 Å². The zero-order valence-electron chi connectivity index (χ0n) is 14.2. The van der Waals surface area contributed by atoms with Gasteiger partial charge in [0, 0.05) is 0 Å². The van der Waals surface area contributed by atoms with E-state index in [1.165, 1.54) is 37.4 Å². The maximum absolute atomic E-state index is 12.6. The fourth-order valence-electron chi connectivity index (χ4n) is 2.50. The van der Waals surface area contributed by atoms with Crippen LogP contribution in [0.4, 0.5) is 4.79 Å². The first-order valence-corrected chi connectivity index (χ1v) is 8.63. The monoisotopic (exact) mass is 384 g/mol. The van der Waals surface area contributed by atoms with E-state index in [0.717, 1.165) is 16.7 Å². The Morgan fingerprint density at radius 3 is 2.56 bits per heavy atom. The van der Waals surface area contributed by atoms with Crippen LogP contribution < -0.4 is 9.84 Å². The average molecular weight is 384 g/mol. The molecule has 7 nitrogen and oxygen atoms in total. The number of carbonyl (C=O) groups is 3. The van der Waals surface area contributed by atoms with Crippen LogP contribution in [0.15, 0.2) is 47.4 Å². The molecule has 0 radical (unpaired) electrons. The number of hydrogen-bond donors (Lipinski definition) is 1. The number of methoxy groups -OCH3 is 1. The van der Waals surface area contributed by atoms with E-state index in [2.05, 4.69) is 0 Å². The van der Waals surface area contributed by atoms with Gasteiger partial charge in [-0.25, -0.2) is 0 Å². The van der Waals surface area contributed by atoms with Crippen molar-refractivity contribution in [1.82, 2.24) is 4.90 Å². The molecule has 27 heavy (non-hydrogen) atoms. The van der Waals surface area contributed by atoms with Gasteiger partial charge in [0.2, 0.25) is 0 Å². The number of rotatable bonds is 5. The minimum absolute atomic E-state index is 0.0223. The van der Waals surface area contributed by atoms with Crippen molar-refractivity contribution >= 4 is 35.0 Å². The lowest BCUT2D eigenvalue weighted by Crippen LogP contribution is -2.27. The van der Waals surface area contributed by atoms with Crippen molar-refractivity contribution in [2.24, 2.45) is 0 Å². The van der Waals surface area contributed by atoms with E-state index in [1.807, 2.05) is 0 Å². The third-order valence-corrected chi connectivity index (χ3v) is 4.81. The van der Waals surface area contributed by atoms with E-state index in [4.69, 9.17) is 4.74 Å². The highest BCUT2D eigenvalue weighted by molar-refractivity contribution is 8.18. The molecule has 0 bridgehead atoms. The van der Waals surface area contributed by atoms with Crippen molar-refractivity contribution < 1.29 is 29.3 Å². The largest absolute Gasteiger partial charge is 0.545 e. The molecule has 0 saturated carbocycles. The molecule has 1 aliphatic heterocycles. The lowest BCUT2D eigenvalue weighted by atomic mass is 10.1. The number of imide groups is 1. The smallest absolute Gasteiger partial charge is 0.293 e. The summed E-state index contributed by atoms with van der Waals surface area (Å²) < 4.78 is 5.03. The molecule has 1 saturated heterocycles. The second-order valence-corrected chi connectivity index (χ2v) is 6.68. The molecule has 1 N–H and O–H groups in total. The van der Waals surface area contributed by atoms with Crippen molar-refractivity contribution in [3.05, 3.63) is 64.1 Å². The third kappa shape index (κ3) is 3.95. The molecule has 1 heterocycles. The van der Waals surface area contributed by atoms with Crippen molar-refractivity contribution in [3.8, 4) is 11.5 Å². The molecule has 138 valence electrons. The molecule has 2 amide bonds. The number of hydrogen-bond acceptors (Lipinski definition) is 7. The van der Waals surface area contributed by atoms with Crippen LogP contribution in [-0.2, 0) is 11.3 Å². The highest BCUT2D eigenvalue weighted by Gasteiger charge is 2.35. The second-order valence-electron chi connectivity index (χ2n) is 5.68. The fraction of sp³-hybridized carbons (Fsp3) is 0.105. The maximum atomic E-state index is 12.6. The van der Waals surface area contributed by atoms with E-state index >= 15 is 0 Å². The highest BCUT2D eigenvalue weighted by Crippen LogP contribution is 2.34. The summed E-state index contributed by atoms with van der Waals surface area (Å²) in [7, 11) is 1.42. The van der Waals surface area contributed by atoms with E-state index in [-0.39, 0.29) is 28.5 Å². The van der Waals surface area contributed by atoms with E-state index in [1.54, 1.807) is 18.2 Å². The summed E-state index contributed by atoms with van der Waals surface area (Å²) in [5.74, 6) is -1.50. The number of thioether (sulfide) groups is 1. The van der Waals surface area contributed by atoms with Crippen molar-refractivity contribution in [3.63, 3.8) is 0 Å². The Morgan fingerprint density at radius 1 is 1.22 bits per heavy atom. The molecule has 0 atom stereocenters. The van der Waals surface area contributed by atoms with Gasteiger partial charge >= 0.3 is 0 Å². The predicted octanol–water partition coefficient (Wildman–Crippen LogP) is 2.00. The summed E-state index contributed by atoms with van der Waals surface area (Å²) in [4.78, 5) is 36.9. The molecule has 1 aliphatic rings. The Labute approximate surface area is 158 Å². The van der Waals surface area contributed by atoms with Crippen LogP contribution in [0, 0.1) is 0 Å². The topological polar surface area (TPSA) is 107 Å². The maximum Gasteiger partial charge on any atom is 0.293 e. The summed E-state index contributed by atoms with van der Waals surface area (Å²) in [5, 5.41) is 20.0. The predicted molar refractivity (Wildman–Crippen MR) is 96.9 cm³/mol. The van der Waals surface area contributed by atoms with E-state index in [0.29, 0.717) is 11.1 Å². The normalized spacial score (nSPS) is 15.4. The molecular weight excluding hydrogens is 370 g/mol. The number of nitrogens with zero attached hydrogens (tertiary/aromatic N) is 1.